The lowest BCUT2D eigenvalue weighted by atomic mass is 10.2. The summed E-state index contributed by atoms with van der Waals surface area (Å²) >= 11 is 0. The first-order valence-electron chi connectivity index (χ1n) is 2.93. The Morgan fingerprint density at radius 3 is 2.70 bits per heavy atom. The summed E-state index contributed by atoms with van der Waals surface area (Å²) in [5, 5.41) is 17.1. The highest BCUT2D eigenvalue weighted by atomic mass is 16.3. The van der Waals surface area contributed by atoms with Crippen LogP contribution >= 0.6 is 0 Å². The van der Waals surface area contributed by atoms with E-state index >= 15 is 0 Å². The van der Waals surface area contributed by atoms with Crippen molar-refractivity contribution in [1.29, 1.82) is 0 Å². The minimum Gasteiger partial charge on any atom is -0.396 e. The third-order valence-corrected chi connectivity index (χ3v) is 0.908. The van der Waals surface area contributed by atoms with E-state index in [9.17, 15) is 4.79 Å². The van der Waals surface area contributed by atoms with Gasteiger partial charge in [-0.25, -0.2) is 0 Å². The second kappa shape index (κ2) is 4.96. The molecule has 0 saturated heterocycles. The molecule has 0 aliphatic heterocycles. The lowest BCUT2D eigenvalue weighted by molar-refractivity contribution is -0.113. The topological polar surface area (TPSA) is 83.6 Å². The first-order chi connectivity index (χ1) is 4.66. The number of carbonyl (C=O) groups excluding carboxylic acids is 1. The van der Waals surface area contributed by atoms with Crippen LogP contribution in [0.5, 0.6) is 0 Å². The number of rotatable bonds is 4. The fourth-order valence-corrected chi connectivity index (χ4v) is 0.434. The van der Waals surface area contributed by atoms with Crippen LogP contribution in [0.2, 0.25) is 0 Å². The van der Waals surface area contributed by atoms with Gasteiger partial charge < -0.3 is 15.9 Å². The van der Waals surface area contributed by atoms with E-state index in [0.29, 0.717) is 0 Å². The highest BCUT2D eigenvalue weighted by molar-refractivity contribution is 5.85. The Labute approximate surface area is 59.0 Å². The summed E-state index contributed by atoms with van der Waals surface area (Å²) < 4.78 is 0. The predicted octanol–water partition coefficient (Wildman–Crippen LogP) is -1.23. The number of nitrogens with two attached hydrogens (primary N) is 1. The SMILES string of the molecule is NC(=O)C=CC(O)CCO. The maximum absolute atomic E-state index is 10.1. The lowest BCUT2D eigenvalue weighted by Crippen LogP contribution is -2.09. The molecule has 0 radical (unpaired) electrons. The van der Waals surface area contributed by atoms with Gasteiger partial charge in [0.15, 0.2) is 0 Å². The highest BCUT2D eigenvalue weighted by Gasteiger charge is 1.96. The number of amides is 1. The van der Waals surface area contributed by atoms with E-state index < -0.39 is 12.0 Å². The van der Waals surface area contributed by atoms with Crippen LogP contribution in [0, 0.1) is 0 Å². The molecule has 0 heterocycles. The first-order valence-corrected chi connectivity index (χ1v) is 2.93. The van der Waals surface area contributed by atoms with Gasteiger partial charge in [0.1, 0.15) is 0 Å². The molecule has 1 unspecified atom stereocenters. The van der Waals surface area contributed by atoms with E-state index in [1.165, 1.54) is 6.08 Å². The number of hydrogen-bond acceptors (Lipinski definition) is 3. The summed E-state index contributed by atoms with van der Waals surface area (Å²) in [5.41, 5.74) is 4.74. The van der Waals surface area contributed by atoms with Crippen molar-refractivity contribution >= 4 is 5.91 Å². The van der Waals surface area contributed by atoms with E-state index in [0.717, 1.165) is 6.08 Å². The minimum absolute atomic E-state index is 0.107. The zero-order valence-corrected chi connectivity index (χ0v) is 5.53. The van der Waals surface area contributed by atoms with E-state index in [1.54, 1.807) is 0 Å². The van der Waals surface area contributed by atoms with Crippen molar-refractivity contribution < 1.29 is 15.0 Å². The van der Waals surface area contributed by atoms with Gasteiger partial charge in [0.05, 0.1) is 6.10 Å². The second-order valence-electron chi connectivity index (χ2n) is 1.84. The number of aliphatic hydroxyl groups is 2. The molecule has 0 fully saturated rings. The van der Waals surface area contributed by atoms with Crippen LogP contribution in [0.4, 0.5) is 0 Å². The Bertz CT molecular complexity index is 133. The van der Waals surface area contributed by atoms with E-state index in [4.69, 9.17) is 15.9 Å². The molecule has 10 heavy (non-hydrogen) atoms. The van der Waals surface area contributed by atoms with Gasteiger partial charge in [-0.1, -0.05) is 6.08 Å². The van der Waals surface area contributed by atoms with E-state index in [1.807, 2.05) is 0 Å². The van der Waals surface area contributed by atoms with Gasteiger partial charge in [-0.3, -0.25) is 4.79 Å². The van der Waals surface area contributed by atoms with Crippen molar-refractivity contribution in [3.05, 3.63) is 12.2 Å². The molecule has 0 aliphatic rings. The predicted molar refractivity (Wildman–Crippen MR) is 36.0 cm³/mol. The summed E-state index contributed by atoms with van der Waals surface area (Å²) in [7, 11) is 0. The number of hydrogen-bond donors (Lipinski definition) is 3. The third-order valence-electron chi connectivity index (χ3n) is 0.908. The average Bonchev–Trinajstić information content (AvgIpc) is 1.85. The molecule has 0 saturated carbocycles. The fraction of sp³-hybridized carbons (Fsp3) is 0.500. The van der Waals surface area contributed by atoms with Crippen molar-refractivity contribution in [3.8, 4) is 0 Å². The Hall–Kier alpha value is -0.870. The van der Waals surface area contributed by atoms with Gasteiger partial charge in [0, 0.05) is 12.7 Å². The molecular weight excluding hydrogens is 134 g/mol. The average molecular weight is 145 g/mol. The van der Waals surface area contributed by atoms with Gasteiger partial charge in [-0.05, 0) is 6.42 Å². The van der Waals surface area contributed by atoms with Crippen LogP contribution < -0.4 is 5.73 Å². The van der Waals surface area contributed by atoms with Crippen molar-refractivity contribution in [1.82, 2.24) is 0 Å². The molecule has 4 N–H and O–H groups in total. The normalized spacial score (nSPS) is 13.8. The Morgan fingerprint density at radius 1 is 1.70 bits per heavy atom. The van der Waals surface area contributed by atoms with Gasteiger partial charge in [-0.2, -0.15) is 0 Å². The molecule has 1 amide bonds. The zero-order valence-electron chi connectivity index (χ0n) is 5.53. The van der Waals surface area contributed by atoms with Gasteiger partial charge in [-0.15, -0.1) is 0 Å². The molecular formula is C6H11NO3. The monoisotopic (exact) mass is 145 g/mol. The zero-order chi connectivity index (χ0) is 7.98. The van der Waals surface area contributed by atoms with Gasteiger partial charge >= 0.3 is 0 Å². The largest absolute Gasteiger partial charge is 0.396 e. The van der Waals surface area contributed by atoms with E-state index in [2.05, 4.69) is 0 Å². The van der Waals surface area contributed by atoms with Crippen molar-refractivity contribution in [2.45, 2.75) is 12.5 Å². The highest BCUT2D eigenvalue weighted by Crippen LogP contribution is 1.90. The lowest BCUT2D eigenvalue weighted by Gasteiger charge is -1.99. The van der Waals surface area contributed by atoms with Crippen molar-refractivity contribution in [3.63, 3.8) is 0 Å². The summed E-state index contributed by atoms with van der Waals surface area (Å²) in [5.74, 6) is -0.600. The summed E-state index contributed by atoms with van der Waals surface area (Å²) in [4.78, 5) is 10.1. The summed E-state index contributed by atoms with van der Waals surface area (Å²) in [6.07, 6.45) is 1.76. The standard InChI is InChI=1S/C6H11NO3/c7-6(10)2-1-5(9)3-4-8/h1-2,5,8-9H,3-4H2,(H2,7,10). The molecule has 4 heteroatoms. The fourth-order valence-electron chi connectivity index (χ4n) is 0.434. The molecule has 0 aliphatic carbocycles. The molecule has 0 spiro atoms. The Kier molecular flexibility index (Phi) is 4.53. The van der Waals surface area contributed by atoms with Crippen LogP contribution in [-0.4, -0.2) is 28.8 Å². The van der Waals surface area contributed by atoms with Crippen LogP contribution in [0.1, 0.15) is 6.42 Å². The van der Waals surface area contributed by atoms with Crippen molar-refractivity contribution in [2.24, 2.45) is 5.73 Å². The van der Waals surface area contributed by atoms with Gasteiger partial charge in [0.2, 0.25) is 5.91 Å². The van der Waals surface area contributed by atoms with Crippen LogP contribution in [0.15, 0.2) is 12.2 Å². The molecule has 0 aromatic heterocycles. The Balaban J connectivity index is 3.55. The maximum atomic E-state index is 10.1. The summed E-state index contributed by atoms with van der Waals surface area (Å²) in [6.45, 7) is -0.107. The van der Waals surface area contributed by atoms with Crippen LogP contribution in [-0.2, 0) is 4.79 Å². The molecule has 0 rings (SSSR count). The quantitative estimate of drug-likeness (QED) is 0.433. The summed E-state index contributed by atoms with van der Waals surface area (Å²) in [6, 6.07) is 0. The van der Waals surface area contributed by atoms with Crippen LogP contribution in [0.25, 0.3) is 0 Å². The number of carbonyl (C=O) groups is 1. The maximum Gasteiger partial charge on any atom is 0.241 e. The molecule has 0 aromatic carbocycles. The Morgan fingerprint density at radius 2 is 2.30 bits per heavy atom. The van der Waals surface area contributed by atoms with E-state index in [-0.39, 0.29) is 13.0 Å². The van der Waals surface area contributed by atoms with Crippen LogP contribution in [0.3, 0.4) is 0 Å². The number of primary amides is 1. The van der Waals surface area contributed by atoms with Crippen molar-refractivity contribution in [2.75, 3.05) is 6.61 Å². The minimum atomic E-state index is -0.780. The molecule has 1 atom stereocenters. The first kappa shape index (κ1) is 9.13. The third kappa shape index (κ3) is 5.27. The van der Waals surface area contributed by atoms with Gasteiger partial charge in [0.25, 0.3) is 0 Å². The smallest absolute Gasteiger partial charge is 0.241 e. The second-order valence-corrected chi connectivity index (χ2v) is 1.84. The molecule has 4 nitrogen and oxygen atoms in total. The molecule has 0 aromatic rings. The number of aliphatic hydroxyl groups excluding tert-OH is 2. The molecule has 0 bridgehead atoms. The molecule has 58 valence electrons.